The van der Waals surface area contributed by atoms with Crippen molar-refractivity contribution in [2.45, 2.75) is 12.3 Å². The number of carbonyl (C=O) groups is 1. The number of nitrogens with zero attached hydrogens (tertiary/aromatic N) is 4. The summed E-state index contributed by atoms with van der Waals surface area (Å²) in [5, 5.41) is 0. The summed E-state index contributed by atoms with van der Waals surface area (Å²) in [4.78, 5) is 24.6. The molecule has 0 spiro atoms. The quantitative estimate of drug-likeness (QED) is 0.861. The van der Waals surface area contributed by atoms with Gasteiger partial charge in [0.05, 0.1) is 19.3 Å². The van der Waals surface area contributed by atoms with E-state index in [0.29, 0.717) is 0 Å². The molecule has 0 N–H and O–H groups in total. The fourth-order valence-corrected chi connectivity index (χ4v) is 2.06. The van der Waals surface area contributed by atoms with Gasteiger partial charge in [-0.25, -0.2) is 9.97 Å². The molecule has 1 fully saturated rings. The van der Waals surface area contributed by atoms with Crippen molar-refractivity contribution in [3.8, 4) is 5.88 Å². The lowest BCUT2D eigenvalue weighted by Gasteiger charge is -2.38. The van der Waals surface area contributed by atoms with E-state index in [1.54, 1.807) is 0 Å². The summed E-state index contributed by atoms with van der Waals surface area (Å²) in [6, 6.07) is 3.45. The predicted octanol–water partition coefficient (Wildman–Crippen LogP) is 1.79. The Hall–Kier alpha value is -2.71. The van der Waals surface area contributed by atoms with Gasteiger partial charge in [0.25, 0.3) is 5.91 Å². The molecule has 1 saturated heterocycles. The van der Waals surface area contributed by atoms with Gasteiger partial charge in [-0.15, -0.1) is 0 Å². The van der Waals surface area contributed by atoms with Gasteiger partial charge < -0.3 is 9.64 Å². The molecular weight excluding hydrogens is 313 g/mol. The first-order valence-corrected chi connectivity index (χ1v) is 6.69. The number of amides is 1. The van der Waals surface area contributed by atoms with Crippen LogP contribution >= 0.6 is 0 Å². The van der Waals surface area contributed by atoms with Crippen LogP contribution in [0.15, 0.2) is 36.8 Å². The largest absolute Gasteiger partial charge is 0.471 e. The van der Waals surface area contributed by atoms with Gasteiger partial charge in [-0.3, -0.25) is 9.78 Å². The van der Waals surface area contributed by atoms with Gasteiger partial charge in [-0.2, -0.15) is 13.2 Å². The molecule has 1 aliphatic heterocycles. The monoisotopic (exact) mass is 324 g/mol. The molecule has 6 nitrogen and oxygen atoms in total. The number of halogens is 3. The van der Waals surface area contributed by atoms with E-state index in [2.05, 4.69) is 15.0 Å². The van der Waals surface area contributed by atoms with Crippen molar-refractivity contribution in [2.24, 2.45) is 0 Å². The zero-order valence-electron chi connectivity index (χ0n) is 11.7. The Bertz CT molecular complexity index is 703. The van der Waals surface area contributed by atoms with E-state index in [1.807, 2.05) is 0 Å². The fraction of sp³-hybridized carbons (Fsp3) is 0.286. The SMILES string of the molecule is O=C(c1cnccn1)N1CC(Oc2cccc(C(F)(F)F)n2)C1. The molecule has 0 bridgehead atoms. The molecule has 0 radical (unpaired) electrons. The van der Waals surface area contributed by atoms with Crippen molar-refractivity contribution in [1.82, 2.24) is 19.9 Å². The maximum atomic E-state index is 12.6. The number of alkyl halides is 3. The van der Waals surface area contributed by atoms with Crippen LogP contribution in [0.3, 0.4) is 0 Å². The Balaban J connectivity index is 1.58. The minimum Gasteiger partial charge on any atom is -0.471 e. The molecule has 120 valence electrons. The second-order valence-corrected chi connectivity index (χ2v) is 4.90. The molecule has 0 aliphatic carbocycles. The average molecular weight is 324 g/mol. The highest BCUT2D eigenvalue weighted by atomic mass is 19.4. The topological polar surface area (TPSA) is 68.2 Å². The third kappa shape index (κ3) is 3.38. The Morgan fingerprint density at radius 1 is 1.26 bits per heavy atom. The third-order valence-electron chi connectivity index (χ3n) is 3.22. The number of ether oxygens (including phenoxy) is 1. The fourth-order valence-electron chi connectivity index (χ4n) is 2.06. The molecule has 3 rings (SSSR count). The van der Waals surface area contributed by atoms with Crippen molar-refractivity contribution in [3.05, 3.63) is 48.2 Å². The van der Waals surface area contributed by atoms with Crippen molar-refractivity contribution < 1.29 is 22.7 Å². The highest BCUT2D eigenvalue weighted by Gasteiger charge is 2.35. The first-order valence-electron chi connectivity index (χ1n) is 6.69. The van der Waals surface area contributed by atoms with Gasteiger partial charge in [0.1, 0.15) is 17.5 Å². The summed E-state index contributed by atoms with van der Waals surface area (Å²) in [6.45, 7) is 0.515. The molecule has 23 heavy (non-hydrogen) atoms. The number of hydrogen-bond donors (Lipinski definition) is 0. The number of pyridine rings is 1. The first kappa shape index (κ1) is 15.2. The molecular formula is C14H11F3N4O2. The van der Waals surface area contributed by atoms with Gasteiger partial charge in [-0.05, 0) is 6.07 Å². The Morgan fingerprint density at radius 3 is 2.70 bits per heavy atom. The van der Waals surface area contributed by atoms with Gasteiger partial charge >= 0.3 is 6.18 Å². The zero-order valence-corrected chi connectivity index (χ0v) is 11.7. The first-order chi connectivity index (χ1) is 10.9. The Morgan fingerprint density at radius 2 is 2.04 bits per heavy atom. The molecule has 2 aromatic rings. The van der Waals surface area contributed by atoms with Gasteiger partial charge in [-0.1, -0.05) is 6.07 Å². The van der Waals surface area contributed by atoms with Crippen LogP contribution in [-0.4, -0.2) is 45.0 Å². The maximum absolute atomic E-state index is 12.6. The van der Waals surface area contributed by atoms with Crippen molar-refractivity contribution >= 4 is 5.91 Å². The van der Waals surface area contributed by atoms with Gasteiger partial charge in [0.2, 0.25) is 5.88 Å². The van der Waals surface area contributed by atoms with E-state index in [4.69, 9.17) is 4.74 Å². The summed E-state index contributed by atoms with van der Waals surface area (Å²) >= 11 is 0. The van der Waals surface area contributed by atoms with Crippen molar-refractivity contribution in [3.63, 3.8) is 0 Å². The van der Waals surface area contributed by atoms with E-state index in [1.165, 1.54) is 35.6 Å². The van der Waals surface area contributed by atoms with E-state index in [0.717, 1.165) is 6.07 Å². The zero-order chi connectivity index (χ0) is 16.4. The van der Waals surface area contributed by atoms with Gasteiger partial charge in [0.15, 0.2) is 0 Å². The summed E-state index contributed by atoms with van der Waals surface area (Å²) in [7, 11) is 0. The smallest absolute Gasteiger partial charge is 0.433 e. The van der Waals surface area contributed by atoms with Crippen LogP contribution in [0.25, 0.3) is 0 Å². The molecule has 0 unspecified atom stereocenters. The highest BCUT2D eigenvalue weighted by Crippen LogP contribution is 2.29. The van der Waals surface area contributed by atoms with E-state index in [-0.39, 0.29) is 30.6 Å². The predicted molar refractivity (Wildman–Crippen MR) is 71.6 cm³/mol. The van der Waals surface area contributed by atoms with Crippen molar-refractivity contribution in [2.75, 3.05) is 13.1 Å². The van der Waals surface area contributed by atoms with Crippen molar-refractivity contribution in [1.29, 1.82) is 0 Å². The lowest BCUT2D eigenvalue weighted by atomic mass is 10.1. The lowest BCUT2D eigenvalue weighted by Crippen LogP contribution is -2.56. The molecule has 1 aliphatic rings. The Kier molecular flexibility index (Phi) is 3.85. The number of rotatable bonds is 3. The highest BCUT2D eigenvalue weighted by molar-refractivity contribution is 5.92. The number of likely N-dealkylation sites (tertiary alicyclic amines) is 1. The van der Waals surface area contributed by atoms with Gasteiger partial charge in [0, 0.05) is 18.5 Å². The van der Waals surface area contributed by atoms with Crippen LogP contribution in [0.1, 0.15) is 16.2 Å². The van der Waals surface area contributed by atoms with E-state index in [9.17, 15) is 18.0 Å². The number of hydrogen-bond acceptors (Lipinski definition) is 5. The van der Waals surface area contributed by atoms with Crippen LogP contribution in [0.2, 0.25) is 0 Å². The molecule has 0 aromatic carbocycles. The second-order valence-electron chi connectivity index (χ2n) is 4.90. The summed E-state index contributed by atoms with van der Waals surface area (Å²) in [5.74, 6) is -0.411. The van der Waals surface area contributed by atoms with Crippen LogP contribution in [0.4, 0.5) is 13.2 Å². The standard InChI is InChI=1S/C14H11F3N4O2/c15-14(16,17)11-2-1-3-12(20-11)23-9-7-21(8-9)13(22)10-6-18-4-5-19-10/h1-6,9H,7-8H2. The van der Waals surface area contributed by atoms with Crippen LogP contribution in [0.5, 0.6) is 5.88 Å². The molecule has 2 aromatic heterocycles. The Labute approximate surface area is 128 Å². The minimum absolute atomic E-state index is 0.114. The summed E-state index contributed by atoms with van der Waals surface area (Å²) in [6.07, 6.45) is -0.699. The summed E-state index contributed by atoms with van der Waals surface area (Å²) in [5.41, 5.74) is -0.801. The van der Waals surface area contributed by atoms with Crippen LogP contribution in [0, 0.1) is 0 Å². The van der Waals surface area contributed by atoms with Crippen LogP contribution < -0.4 is 4.74 Å². The molecule has 3 heterocycles. The summed E-state index contributed by atoms with van der Waals surface area (Å²) < 4.78 is 43.1. The third-order valence-corrected chi connectivity index (χ3v) is 3.22. The minimum atomic E-state index is -4.52. The molecule has 0 saturated carbocycles. The molecule has 9 heteroatoms. The lowest BCUT2D eigenvalue weighted by molar-refractivity contribution is -0.141. The van der Waals surface area contributed by atoms with Crippen LogP contribution in [-0.2, 0) is 6.18 Å². The average Bonchev–Trinajstić information content (AvgIpc) is 2.50. The van der Waals surface area contributed by atoms with E-state index < -0.39 is 18.0 Å². The number of aromatic nitrogens is 3. The van der Waals surface area contributed by atoms with E-state index >= 15 is 0 Å². The number of carbonyl (C=O) groups excluding carboxylic acids is 1. The normalized spacial score (nSPS) is 15.2. The maximum Gasteiger partial charge on any atom is 0.433 e. The molecule has 1 amide bonds. The second kappa shape index (κ2) is 5.82. The molecule has 0 atom stereocenters.